The second-order valence-electron chi connectivity index (χ2n) is 7.40. The van der Waals surface area contributed by atoms with Crippen molar-refractivity contribution in [2.75, 3.05) is 5.32 Å². The van der Waals surface area contributed by atoms with E-state index < -0.39 is 0 Å². The molecule has 1 aliphatic rings. The summed E-state index contributed by atoms with van der Waals surface area (Å²) in [4.78, 5) is 22.1. The molecule has 1 aliphatic carbocycles. The van der Waals surface area contributed by atoms with Crippen LogP contribution < -0.4 is 5.32 Å². The molecule has 29 heavy (non-hydrogen) atoms. The molecule has 5 heteroatoms. The lowest BCUT2D eigenvalue weighted by atomic mass is 9.91. The Kier molecular flexibility index (Phi) is 5.65. The molecule has 4 nitrogen and oxygen atoms in total. The molecule has 0 bridgehead atoms. The Balaban J connectivity index is 1.57. The highest BCUT2D eigenvalue weighted by atomic mass is 19.1. The van der Waals surface area contributed by atoms with Crippen LogP contribution in [0.15, 0.2) is 48.5 Å². The second kappa shape index (κ2) is 8.52. The average Bonchev–Trinajstić information content (AvgIpc) is 2.73. The van der Waals surface area contributed by atoms with Crippen molar-refractivity contribution in [3.63, 3.8) is 0 Å². The molecule has 2 aromatic carbocycles. The number of aromatic nitrogens is 2. The number of nitrogens with one attached hydrogen (secondary N) is 1. The zero-order chi connectivity index (χ0) is 20.2. The Morgan fingerprint density at radius 1 is 1.07 bits per heavy atom. The summed E-state index contributed by atoms with van der Waals surface area (Å²) in [6.45, 7) is 2.07. The number of benzene rings is 2. The van der Waals surface area contributed by atoms with Gasteiger partial charge in [-0.25, -0.2) is 14.4 Å². The van der Waals surface area contributed by atoms with E-state index in [9.17, 15) is 9.18 Å². The van der Waals surface area contributed by atoms with Gasteiger partial charge in [0.2, 0.25) is 5.91 Å². The van der Waals surface area contributed by atoms with Gasteiger partial charge in [0, 0.05) is 12.0 Å². The largest absolute Gasteiger partial charge is 0.309 e. The Hall–Kier alpha value is -3.08. The van der Waals surface area contributed by atoms with Gasteiger partial charge in [-0.15, -0.1) is 0 Å². The zero-order valence-corrected chi connectivity index (χ0v) is 16.5. The molecule has 4 rings (SSSR count). The maximum Gasteiger partial charge on any atom is 0.225 e. The average molecular weight is 389 g/mol. The topological polar surface area (TPSA) is 54.9 Å². The molecule has 0 saturated carbocycles. The standard InChI is InChI=1S/C24H24FN3O/c1-2-6-21-24(28-22(29)14-9-16-7-4-3-5-8-16)27-20-13-10-17-15-18(25)11-12-19(17)23(20)26-21/h3-5,7-8,11-12,15H,2,6,9-10,13-14H2,1H3,(H,27,28,29). The van der Waals surface area contributed by atoms with E-state index in [0.29, 0.717) is 25.1 Å². The maximum atomic E-state index is 13.6. The predicted molar refractivity (Wildman–Crippen MR) is 112 cm³/mol. The third kappa shape index (κ3) is 4.34. The third-order valence-electron chi connectivity index (χ3n) is 5.22. The smallest absolute Gasteiger partial charge is 0.225 e. The minimum absolute atomic E-state index is 0.0567. The van der Waals surface area contributed by atoms with E-state index in [1.165, 1.54) is 6.07 Å². The molecule has 0 fully saturated rings. The molecule has 0 radical (unpaired) electrons. The van der Waals surface area contributed by atoms with Gasteiger partial charge in [0.25, 0.3) is 0 Å². The first-order chi connectivity index (χ1) is 14.1. The number of amides is 1. The number of hydrogen-bond donors (Lipinski definition) is 1. The number of carbonyl (C=O) groups is 1. The van der Waals surface area contributed by atoms with Crippen LogP contribution in [0.3, 0.4) is 0 Å². The molecule has 0 saturated heterocycles. The van der Waals surface area contributed by atoms with Gasteiger partial charge in [0.15, 0.2) is 5.82 Å². The van der Waals surface area contributed by atoms with Gasteiger partial charge in [0.1, 0.15) is 5.82 Å². The predicted octanol–water partition coefficient (Wildman–Crippen LogP) is 4.91. The summed E-state index contributed by atoms with van der Waals surface area (Å²) in [7, 11) is 0. The molecule has 0 spiro atoms. The summed E-state index contributed by atoms with van der Waals surface area (Å²) in [5.74, 6) is 0.282. The van der Waals surface area contributed by atoms with Crippen molar-refractivity contribution in [3.8, 4) is 11.3 Å². The number of fused-ring (bicyclic) bond motifs is 3. The number of hydrogen-bond acceptors (Lipinski definition) is 3. The van der Waals surface area contributed by atoms with E-state index in [-0.39, 0.29) is 11.7 Å². The van der Waals surface area contributed by atoms with Gasteiger partial charge in [-0.3, -0.25) is 4.79 Å². The summed E-state index contributed by atoms with van der Waals surface area (Å²) >= 11 is 0. The van der Waals surface area contributed by atoms with Gasteiger partial charge in [-0.1, -0.05) is 43.7 Å². The van der Waals surface area contributed by atoms with Crippen molar-refractivity contribution in [2.24, 2.45) is 0 Å². The third-order valence-corrected chi connectivity index (χ3v) is 5.22. The molecule has 0 aliphatic heterocycles. The van der Waals surface area contributed by atoms with E-state index in [1.807, 2.05) is 30.3 Å². The first kappa shape index (κ1) is 19.2. The van der Waals surface area contributed by atoms with E-state index >= 15 is 0 Å². The minimum atomic E-state index is -0.226. The lowest BCUT2D eigenvalue weighted by Gasteiger charge is -2.21. The number of rotatable bonds is 6. The summed E-state index contributed by atoms with van der Waals surface area (Å²) in [6, 6.07) is 14.8. The van der Waals surface area contributed by atoms with Crippen LogP contribution >= 0.6 is 0 Å². The lowest BCUT2D eigenvalue weighted by molar-refractivity contribution is -0.116. The van der Waals surface area contributed by atoms with Crippen molar-refractivity contribution < 1.29 is 9.18 Å². The van der Waals surface area contributed by atoms with Crippen LogP contribution in [0, 0.1) is 5.82 Å². The fourth-order valence-electron chi connectivity index (χ4n) is 3.76. The van der Waals surface area contributed by atoms with Gasteiger partial charge < -0.3 is 5.32 Å². The SMILES string of the molecule is CCCc1nc2c(nc1NC(=O)CCc1ccccc1)CCc1cc(F)ccc1-2. The molecule has 148 valence electrons. The van der Waals surface area contributed by atoms with Crippen LogP contribution in [-0.2, 0) is 30.5 Å². The fourth-order valence-corrected chi connectivity index (χ4v) is 3.76. The molecule has 3 aromatic rings. The first-order valence-corrected chi connectivity index (χ1v) is 10.2. The molecule has 0 atom stereocenters. The summed E-state index contributed by atoms with van der Waals surface area (Å²) in [5, 5.41) is 2.98. The van der Waals surface area contributed by atoms with Crippen LogP contribution in [0.1, 0.15) is 42.3 Å². The van der Waals surface area contributed by atoms with Crippen molar-refractivity contribution in [2.45, 2.75) is 45.4 Å². The van der Waals surface area contributed by atoms with Crippen molar-refractivity contribution in [1.82, 2.24) is 9.97 Å². The molecule has 1 aromatic heterocycles. The molecular weight excluding hydrogens is 365 g/mol. The zero-order valence-electron chi connectivity index (χ0n) is 16.5. The summed E-state index contributed by atoms with van der Waals surface area (Å²) in [5.41, 5.74) is 5.51. The van der Waals surface area contributed by atoms with E-state index in [0.717, 1.165) is 53.0 Å². The van der Waals surface area contributed by atoms with Crippen LogP contribution in [0.5, 0.6) is 0 Å². The number of carbonyl (C=O) groups excluding carboxylic acids is 1. The van der Waals surface area contributed by atoms with E-state index in [4.69, 9.17) is 9.97 Å². The van der Waals surface area contributed by atoms with Crippen molar-refractivity contribution in [3.05, 3.63) is 76.9 Å². The molecule has 1 heterocycles. The fraction of sp³-hybridized carbons (Fsp3) is 0.292. The van der Waals surface area contributed by atoms with Crippen molar-refractivity contribution >= 4 is 11.7 Å². The maximum absolute atomic E-state index is 13.6. The molecule has 1 N–H and O–H groups in total. The highest BCUT2D eigenvalue weighted by Crippen LogP contribution is 2.33. The van der Waals surface area contributed by atoms with Gasteiger partial charge in [-0.05, 0) is 55.0 Å². The molecule has 0 unspecified atom stereocenters. The summed E-state index contributed by atoms with van der Waals surface area (Å²) in [6.07, 6.45) is 4.13. The highest BCUT2D eigenvalue weighted by Gasteiger charge is 2.22. The van der Waals surface area contributed by atoms with Gasteiger partial charge in [-0.2, -0.15) is 0 Å². The Morgan fingerprint density at radius 2 is 1.90 bits per heavy atom. The van der Waals surface area contributed by atoms with Crippen LogP contribution in [-0.4, -0.2) is 15.9 Å². The monoisotopic (exact) mass is 389 g/mol. The summed E-state index contributed by atoms with van der Waals surface area (Å²) < 4.78 is 13.6. The second-order valence-corrected chi connectivity index (χ2v) is 7.40. The Bertz CT molecular complexity index is 1030. The van der Waals surface area contributed by atoms with Gasteiger partial charge in [0.05, 0.1) is 17.1 Å². The van der Waals surface area contributed by atoms with Crippen LogP contribution in [0.4, 0.5) is 10.2 Å². The van der Waals surface area contributed by atoms with Gasteiger partial charge >= 0.3 is 0 Å². The normalized spacial score (nSPS) is 12.2. The van der Waals surface area contributed by atoms with Crippen LogP contribution in [0.2, 0.25) is 0 Å². The molecule has 1 amide bonds. The van der Waals surface area contributed by atoms with Crippen molar-refractivity contribution in [1.29, 1.82) is 0 Å². The Labute approximate surface area is 170 Å². The number of aryl methyl sites for hydroxylation is 4. The number of nitrogens with zero attached hydrogens (tertiary/aromatic N) is 2. The number of anilines is 1. The van der Waals surface area contributed by atoms with E-state index in [1.54, 1.807) is 12.1 Å². The van der Waals surface area contributed by atoms with Crippen LogP contribution in [0.25, 0.3) is 11.3 Å². The first-order valence-electron chi connectivity index (χ1n) is 10.2. The van der Waals surface area contributed by atoms with E-state index in [2.05, 4.69) is 12.2 Å². The minimum Gasteiger partial charge on any atom is -0.309 e. The quantitative estimate of drug-likeness (QED) is 0.652. The Morgan fingerprint density at radius 3 is 2.69 bits per heavy atom. The highest BCUT2D eigenvalue weighted by molar-refractivity contribution is 5.90. The number of halogens is 1. The molecular formula is C24H24FN3O. The lowest BCUT2D eigenvalue weighted by Crippen LogP contribution is -2.18.